The van der Waals surface area contributed by atoms with Gasteiger partial charge in [0.25, 0.3) is 0 Å². The summed E-state index contributed by atoms with van der Waals surface area (Å²) in [4.78, 5) is 13.4. The third-order valence-electron chi connectivity index (χ3n) is 5.27. The quantitative estimate of drug-likeness (QED) is 0.285. The highest BCUT2D eigenvalue weighted by molar-refractivity contribution is 7.80. The number of carbonyl (C=O) groups is 1. The smallest absolute Gasteiger partial charge is 0.341 e. The van der Waals surface area contributed by atoms with Crippen LogP contribution < -0.4 is 10.6 Å². The van der Waals surface area contributed by atoms with E-state index in [4.69, 9.17) is 17.0 Å². The number of carbonyl (C=O) groups excluding carboxylic acids is 1. The number of nitrogens with zero attached hydrogens (tertiary/aromatic N) is 2. The number of ether oxygens (including phenoxy) is 1. The van der Waals surface area contributed by atoms with Crippen LogP contribution in [0.2, 0.25) is 0 Å². The SMILES string of the molecule is CCc1c(C)sc(NC(=S)Nc2ccn(Cc3cccc4ccccc34)n2)c1C(=O)OC. The molecule has 0 aliphatic heterocycles. The van der Waals surface area contributed by atoms with Crippen molar-refractivity contribution in [2.45, 2.75) is 26.8 Å². The van der Waals surface area contributed by atoms with Crippen molar-refractivity contribution < 1.29 is 9.53 Å². The third kappa shape index (κ3) is 4.51. The number of aromatic nitrogens is 2. The molecule has 2 N–H and O–H groups in total. The summed E-state index contributed by atoms with van der Waals surface area (Å²) in [6.07, 6.45) is 2.66. The van der Waals surface area contributed by atoms with Crippen LogP contribution in [0.5, 0.6) is 0 Å². The van der Waals surface area contributed by atoms with Gasteiger partial charge in [0, 0.05) is 17.1 Å². The molecule has 4 rings (SSSR count). The van der Waals surface area contributed by atoms with Gasteiger partial charge in [-0.1, -0.05) is 49.4 Å². The molecule has 0 fully saturated rings. The van der Waals surface area contributed by atoms with E-state index in [1.165, 1.54) is 34.8 Å². The molecule has 32 heavy (non-hydrogen) atoms. The zero-order chi connectivity index (χ0) is 22.7. The zero-order valence-corrected chi connectivity index (χ0v) is 19.8. The predicted octanol–water partition coefficient (Wildman–Crippen LogP) is 5.61. The minimum Gasteiger partial charge on any atom is -0.465 e. The molecule has 0 aliphatic carbocycles. The first kappa shape index (κ1) is 22.0. The molecule has 0 unspecified atom stereocenters. The lowest BCUT2D eigenvalue weighted by molar-refractivity contribution is 0.0601. The van der Waals surface area contributed by atoms with E-state index in [9.17, 15) is 4.79 Å². The van der Waals surface area contributed by atoms with Crippen molar-refractivity contribution in [3.63, 3.8) is 0 Å². The van der Waals surface area contributed by atoms with Gasteiger partial charge in [0.05, 0.1) is 19.2 Å². The summed E-state index contributed by atoms with van der Waals surface area (Å²) in [5.74, 6) is 0.266. The number of anilines is 2. The average Bonchev–Trinajstić information content (AvgIpc) is 3.36. The van der Waals surface area contributed by atoms with Gasteiger partial charge in [-0.25, -0.2) is 4.79 Å². The monoisotopic (exact) mass is 464 g/mol. The van der Waals surface area contributed by atoms with Crippen LogP contribution >= 0.6 is 23.6 Å². The minimum absolute atomic E-state index is 0.365. The van der Waals surface area contributed by atoms with Crippen LogP contribution in [0, 0.1) is 6.92 Å². The summed E-state index contributed by atoms with van der Waals surface area (Å²) < 4.78 is 6.84. The standard InChI is InChI=1S/C24H24N4O2S2/c1-4-18-15(2)32-22(21(18)23(29)30-3)26-24(31)25-20-12-13-28(27-20)14-17-10-7-9-16-8-5-6-11-19(16)17/h5-13H,4,14H2,1-3H3,(H2,25,26,27,31). The molecular formula is C24H24N4O2S2. The first-order chi connectivity index (χ1) is 15.5. The van der Waals surface area contributed by atoms with Crippen molar-refractivity contribution in [2.75, 3.05) is 17.7 Å². The number of hydrogen-bond donors (Lipinski definition) is 2. The van der Waals surface area contributed by atoms with E-state index in [-0.39, 0.29) is 5.97 Å². The highest BCUT2D eigenvalue weighted by atomic mass is 32.1. The largest absolute Gasteiger partial charge is 0.465 e. The second-order valence-electron chi connectivity index (χ2n) is 7.30. The Balaban J connectivity index is 1.47. The van der Waals surface area contributed by atoms with E-state index in [0.717, 1.165) is 16.9 Å². The fraction of sp³-hybridized carbons (Fsp3) is 0.208. The van der Waals surface area contributed by atoms with Crippen LogP contribution in [-0.2, 0) is 17.7 Å². The minimum atomic E-state index is -0.365. The molecule has 0 atom stereocenters. The number of fused-ring (bicyclic) bond motifs is 1. The Morgan fingerprint density at radius 1 is 1.16 bits per heavy atom. The molecule has 0 spiro atoms. The van der Waals surface area contributed by atoms with Gasteiger partial charge in [0.15, 0.2) is 10.9 Å². The predicted molar refractivity (Wildman–Crippen MR) is 135 cm³/mol. The van der Waals surface area contributed by atoms with Crippen molar-refractivity contribution in [3.8, 4) is 0 Å². The van der Waals surface area contributed by atoms with Crippen LogP contribution in [0.15, 0.2) is 54.7 Å². The fourth-order valence-corrected chi connectivity index (χ4v) is 5.19. The number of esters is 1. The highest BCUT2D eigenvalue weighted by Crippen LogP contribution is 2.34. The van der Waals surface area contributed by atoms with Gasteiger partial charge in [-0.3, -0.25) is 4.68 Å². The van der Waals surface area contributed by atoms with Crippen molar-refractivity contribution in [2.24, 2.45) is 0 Å². The molecule has 0 saturated carbocycles. The number of benzene rings is 2. The lowest BCUT2D eigenvalue weighted by Gasteiger charge is -2.10. The number of thiophene rings is 1. The van der Waals surface area contributed by atoms with Gasteiger partial charge in [0.2, 0.25) is 0 Å². The number of thiocarbonyl (C=S) groups is 1. The second kappa shape index (κ2) is 9.50. The Morgan fingerprint density at radius 3 is 2.72 bits per heavy atom. The van der Waals surface area contributed by atoms with Crippen LogP contribution in [0.25, 0.3) is 10.8 Å². The molecule has 0 bridgehead atoms. The average molecular weight is 465 g/mol. The summed E-state index contributed by atoms with van der Waals surface area (Å²) in [5, 5.41) is 14.3. The summed E-state index contributed by atoms with van der Waals surface area (Å²) in [5.41, 5.74) is 2.72. The molecule has 0 amide bonds. The molecule has 2 heterocycles. The van der Waals surface area contributed by atoms with E-state index >= 15 is 0 Å². The van der Waals surface area contributed by atoms with Gasteiger partial charge in [0.1, 0.15) is 5.00 Å². The summed E-state index contributed by atoms with van der Waals surface area (Å²) in [6, 6.07) is 16.5. The third-order valence-corrected chi connectivity index (χ3v) is 6.54. The zero-order valence-electron chi connectivity index (χ0n) is 18.1. The van der Waals surface area contributed by atoms with E-state index in [1.807, 2.05) is 42.9 Å². The molecular weight excluding hydrogens is 440 g/mol. The van der Waals surface area contributed by atoms with E-state index in [0.29, 0.717) is 28.0 Å². The van der Waals surface area contributed by atoms with Crippen molar-refractivity contribution >= 4 is 56.2 Å². The van der Waals surface area contributed by atoms with Crippen molar-refractivity contribution in [3.05, 3.63) is 76.3 Å². The summed E-state index contributed by atoms with van der Waals surface area (Å²) in [6.45, 7) is 4.66. The lowest BCUT2D eigenvalue weighted by atomic mass is 10.0. The molecule has 8 heteroatoms. The van der Waals surface area contributed by atoms with Gasteiger partial charge in [-0.2, -0.15) is 5.10 Å². The number of hydrogen-bond acceptors (Lipinski definition) is 5. The molecule has 2 aromatic carbocycles. The molecule has 6 nitrogen and oxygen atoms in total. The van der Waals surface area contributed by atoms with Crippen LogP contribution in [0.4, 0.5) is 10.8 Å². The maximum absolute atomic E-state index is 12.3. The van der Waals surface area contributed by atoms with E-state index < -0.39 is 0 Å². The maximum atomic E-state index is 12.3. The maximum Gasteiger partial charge on any atom is 0.341 e. The Labute approximate surface area is 196 Å². The highest BCUT2D eigenvalue weighted by Gasteiger charge is 2.22. The van der Waals surface area contributed by atoms with Crippen LogP contribution in [0.3, 0.4) is 0 Å². The Hall–Kier alpha value is -3.23. The fourth-order valence-electron chi connectivity index (χ4n) is 3.78. The first-order valence-corrected chi connectivity index (χ1v) is 11.5. The normalized spacial score (nSPS) is 10.8. The van der Waals surface area contributed by atoms with Crippen LogP contribution in [-0.4, -0.2) is 28.0 Å². The van der Waals surface area contributed by atoms with Gasteiger partial charge in [-0.15, -0.1) is 11.3 Å². The van der Waals surface area contributed by atoms with E-state index in [1.54, 1.807) is 0 Å². The number of aryl methyl sites for hydroxylation is 1. The van der Waals surface area contributed by atoms with Gasteiger partial charge < -0.3 is 15.4 Å². The molecule has 0 radical (unpaired) electrons. The van der Waals surface area contributed by atoms with Gasteiger partial charge in [-0.05, 0) is 47.5 Å². The Bertz CT molecular complexity index is 1290. The Morgan fingerprint density at radius 2 is 1.94 bits per heavy atom. The first-order valence-electron chi connectivity index (χ1n) is 10.3. The number of methoxy groups -OCH3 is 1. The Kier molecular flexibility index (Phi) is 6.53. The van der Waals surface area contributed by atoms with Crippen molar-refractivity contribution in [1.29, 1.82) is 0 Å². The topological polar surface area (TPSA) is 68.2 Å². The number of rotatable bonds is 6. The lowest BCUT2D eigenvalue weighted by Crippen LogP contribution is -2.20. The summed E-state index contributed by atoms with van der Waals surface area (Å²) in [7, 11) is 1.39. The van der Waals surface area contributed by atoms with Gasteiger partial charge >= 0.3 is 5.97 Å². The van der Waals surface area contributed by atoms with Crippen LogP contribution in [0.1, 0.15) is 33.3 Å². The van der Waals surface area contributed by atoms with E-state index in [2.05, 4.69) is 46.1 Å². The molecule has 0 saturated heterocycles. The molecule has 4 aromatic rings. The molecule has 2 aromatic heterocycles. The molecule has 164 valence electrons. The second-order valence-corrected chi connectivity index (χ2v) is 8.94. The number of nitrogens with one attached hydrogen (secondary N) is 2. The molecule has 0 aliphatic rings. The van der Waals surface area contributed by atoms with Crippen molar-refractivity contribution in [1.82, 2.24) is 9.78 Å². The summed E-state index contributed by atoms with van der Waals surface area (Å²) >= 11 is 6.97.